The van der Waals surface area contributed by atoms with E-state index in [4.69, 9.17) is 0 Å². The first-order valence-corrected chi connectivity index (χ1v) is 3.85. The minimum atomic E-state index is -1.27. The van der Waals surface area contributed by atoms with Crippen LogP contribution < -0.4 is 11.5 Å². The molecule has 1 rings (SSSR count). The zero-order valence-corrected chi connectivity index (χ0v) is 6.67. The van der Waals surface area contributed by atoms with Gasteiger partial charge in [0.15, 0.2) is 6.10 Å². The molecule has 0 heterocycles. The molecule has 0 spiro atoms. The van der Waals surface area contributed by atoms with Crippen molar-refractivity contribution in [3.8, 4) is 0 Å². The standard InChI is InChI=1S/C6H14N2O4/c7-1-3(9)2(8)5(11)6(12)4(1)10/h1-6,9-12H,7-8H2/p+2/t1-,2+,3?,4+,5-,6?. The van der Waals surface area contributed by atoms with E-state index in [1.165, 1.54) is 0 Å². The van der Waals surface area contributed by atoms with Gasteiger partial charge in [-0.05, 0) is 0 Å². The summed E-state index contributed by atoms with van der Waals surface area (Å²) in [4.78, 5) is 0. The lowest BCUT2D eigenvalue weighted by Gasteiger charge is -2.36. The Kier molecular flexibility index (Phi) is 2.67. The van der Waals surface area contributed by atoms with E-state index in [1.54, 1.807) is 0 Å². The summed E-state index contributed by atoms with van der Waals surface area (Å²) in [6, 6.07) is -1.41. The smallest absolute Gasteiger partial charge is 0.163 e. The van der Waals surface area contributed by atoms with Gasteiger partial charge in [0.25, 0.3) is 0 Å². The number of quaternary nitrogens is 2. The molecule has 0 aromatic rings. The van der Waals surface area contributed by atoms with Crippen molar-refractivity contribution in [3.63, 3.8) is 0 Å². The van der Waals surface area contributed by atoms with Crippen LogP contribution in [0.15, 0.2) is 0 Å². The van der Waals surface area contributed by atoms with Crippen molar-refractivity contribution < 1.29 is 31.9 Å². The maximum Gasteiger partial charge on any atom is 0.163 e. The van der Waals surface area contributed by atoms with Crippen molar-refractivity contribution in [1.29, 1.82) is 0 Å². The Hall–Kier alpha value is -0.240. The molecule has 12 heavy (non-hydrogen) atoms. The van der Waals surface area contributed by atoms with Gasteiger partial charge in [-0.1, -0.05) is 0 Å². The fraction of sp³-hybridized carbons (Fsp3) is 1.00. The summed E-state index contributed by atoms with van der Waals surface area (Å²) in [5.74, 6) is 0. The predicted octanol–water partition coefficient (Wildman–Crippen LogP) is -5.34. The van der Waals surface area contributed by atoms with Crippen molar-refractivity contribution in [3.05, 3.63) is 0 Å². The third-order valence-electron chi connectivity index (χ3n) is 2.45. The summed E-state index contributed by atoms with van der Waals surface area (Å²) in [6.45, 7) is 0. The lowest BCUT2D eigenvalue weighted by Crippen LogP contribution is -2.87. The van der Waals surface area contributed by atoms with Crippen molar-refractivity contribution in [2.45, 2.75) is 36.5 Å². The van der Waals surface area contributed by atoms with E-state index in [0.717, 1.165) is 0 Å². The summed E-state index contributed by atoms with van der Waals surface area (Å²) in [6.07, 6.45) is -4.61. The first-order chi connectivity index (χ1) is 5.46. The van der Waals surface area contributed by atoms with E-state index < -0.39 is 36.5 Å². The summed E-state index contributed by atoms with van der Waals surface area (Å²) in [5.41, 5.74) is 6.97. The molecule has 2 unspecified atom stereocenters. The van der Waals surface area contributed by atoms with Gasteiger partial charge in [-0.3, -0.25) is 0 Å². The van der Waals surface area contributed by atoms with Crippen LogP contribution in [0.2, 0.25) is 0 Å². The van der Waals surface area contributed by atoms with E-state index in [2.05, 4.69) is 11.5 Å². The van der Waals surface area contributed by atoms with Gasteiger partial charge in [0, 0.05) is 0 Å². The normalized spacial score (nSPS) is 55.5. The van der Waals surface area contributed by atoms with Crippen molar-refractivity contribution in [2.24, 2.45) is 0 Å². The van der Waals surface area contributed by atoms with Crippen LogP contribution in [0.3, 0.4) is 0 Å². The second-order valence-corrected chi connectivity index (χ2v) is 3.29. The lowest BCUT2D eigenvalue weighted by molar-refractivity contribution is -0.529. The Balaban J connectivity index is 2.76. The molecular weight excluding hydrogens is 164 g/mol. The third kappa shape index (κ3) is 1.33. The monoisotopic (exact) mass is 180 g/mol. The quantitative estimate of drug-likeness (QED) is 0.222. The highest BCUT2D eigenvalue weighted by molar-refractivity contribution is 4.96. The van der Waals surface area contributed by atoms with Crippen molar-refractivity contribution >= 4 is 0 Å². The van der Waals surface area contributed by atoms with Crippen LogP contribution in [-0.2, 0) is 0 Å². The van der Waals surface area contributed by atoms with Crippen LogP contribution in [0.4, 0.5) is 0 Å². The van der Waals surface area contributed by atoms with Crippen LogP contribution in [0.5, 0.6) is 0 Å². The fourth-order valence-electron chi connectivity index (χ4n) is 1.43. The maximum absolute atomic E-state index is 9.35. The van der Waals surface area contributed by atoms with E-state index in [0.29, 0.717) is 0 Å². The minimum absolute atomic E-state index is 0.703. The largest absolute Gasteiger partial charge is 0.387 e. The van der Waals surface area contributed by atoms with E-state index >= 15 is 0 Å². The Labute approximate surface area is 69.4 Å². The highest BCUT2D eigenvalue weighted by atomic mass is 16.4. The topological polar surface area (TPSA) is 136 Å². The molecule has 10 N–H and O–H groups in total. The molecule has 6 nitrogen and oxygen atoms in total. The van der Waals surface area contributed by atoms with E-state index in [-0.39, 0.29) is 0 Å². The van der Waals surface area contributed by atoms with Gasteiger partial charge >= 0.3 is 0 Å². The van der Waals surface area contributed by atoms with Gasteiger partial charge in [0.2, 0.25) is 0 Å². The Morgan fingerprint density at radius 1 is 0.583 bits per heavy atom. The lowest BCUT2D eigenvalue weighted by atomic mass is 9.82. The Morgan fingerprint density at radius 2 is 0.917 bits per heavy atom. The Morgan fingerprint density at radius 3 is 1.25 bits per heavy atom. The molecule has 1 aliphatic carbocycles. The molecule has 0 radical (unpaired) electrons. The molecule has 6 heteroatoms. The fourth-order valence-corrected chi connectivity index (χ4v) is 1.43. The number of aliphatic hydroxyl groups is 4. The average Bonchev–Trinajstić information content (AvgIpc) is 2.08. The van der Waals surface area contributed by atoms with Gasteiger partial charge in [-0.15, -0.1) is 0 Å². The van der Waals surface area contributed by atoms with Crippen LogP contribution in [0.25, 0.3) is 0 Å². The number of aliphatic hydroxyl groups excluding tert-OH is 4. The highest BCUT2D eigenvalue weighted by Crippen LogP contribution is 2.16. The van der Waals surface area contributed by atoms with Gasteiger partial charge < -0.3 is 31.9 Å². The zero-order valence-electron chi connectivity index (χ0n) is 6.67. The van der Waals surface area contributed by atoms with Gasteiger partial charge in [0.05, 0.1) is 0 Å². The van der Waals surface area contributed by atoms with Gasteiger partial charge in [-0.25, -0.2) is 0 Å². The molecule has 0 aromatic heterocycles. The van der Waals surface area contributed by atoms with Crippen LogP contribution >= 0.6 is 0 Å². The molecule has 1 saturated carbocycles. The molecule has 72 valence electrons. The van der Waals surface area contributed by atoms with Crippen LogP contribution in [-0.4, -0.2) is 56.9 Å². The number of hydrogen-bond acceptors (Lipinski definition) is 4. The van der Waals surface area contributed by atoms with Crippen molar-refractivity contribution in [1.82, 2.24) is 0 Å². The predicted molar refractivity (Wildman–Crippen MR) is 37.4 cm³/mol. The first kappa shape index (κ1) is 9.85. The molecule has 0 aliphatic heterocycles. The summed E-state index contributed by atoms with van der Waals surface area (Å²) >= 11 is 0. The molecule has 0 saturated heterocycles. The SMILES string of the molecule is [NH3+][C@@H]1C(O)[C@H]([NH3+])[C@@H](O)C(O)[C@H]1O. The molecule has 0 aromatic carbocycles. The van der Waals surface area contributed by atoms with Crippen LogP contribution in [0.1, 0.15) is 0 Å². The second kappa shape index (κ2) is 3.25. The number of hydrogen-bond donors (Lipinski definition) is 6. The summed E-state index contributed by atoms with van der Waals surface area (Å²) in [7, 11) is 0. The highest BCUT2D eigenvalue weighted by Gasteiger charge is 2.50. The molecule has 1 fully saturated rings. The van der Waals surface area contributed by atoms with Gasteiger partial charge in [-0.2, -0.15) is 0 Å². The van der Waals surface area contributed by atoms with E-state index in [9.17, 15) is 20.4 Å². The van der Waals surface area contributed by atoms with Crippen molar-refractivity contribution in [2.75, 3.05) is 0 Å². The molecule has 0 bridgehead atoms. The number of rotatable bonds is 0. The molecule has 0 amide bonds. The Bertz CT molecular complexity index is 109. The minimum Gasteiger partial charge on any atom is -0.387 e. The molecular formula is C6H16N2O4+2. The average molecular weight is 180 g/mol. The molecule has 6 atom stereocenters. The third-order valence-corrected chi connectivity index (χ3v) is 2.45. The maximum atomic E-state index is 9.35. The van der Waals surface area contributed by atoms with Crippen LogP contribution in [0, 0.1) is 0 Å². The second-order valence-electron chi connectivity index (χ2n) is 3.29. The van der Waals surface area contributed by atoms with Gasteiger partial charge in [0.1, 0.15) is 30.4 Å². The van der Waals surface area contributed by atoms with E-state index in [1.807, 2.05) is 0 Å². The summed E-state index contributed by atoms with van der Waals surface area (Å²) < 4.78 is 0. The molecule has 1 aliphatic rings. The zero-order chi connectivity index (χ0) is 9.46. The first-order valence-electron chi connectivity index (χ1n) is 3.85. The summed E-state index contributed by atoms with van der Waals surface area (Å²) in [5, 5.41) is 37.1.